The number of nitrogens with zero attached hydrogens (tertiary/aromatic N) is 3. The number of nitrogens with one attached hydrogen (secondary N) is 1. The van der Waals surface area contributed by atoms with E-state index in [4.69, 9.17) is 4.74 Å². The predicted molar refractivity (Wildman–Crippen MR) is 102 cm³/mol. The third kappa shape index (κ3) is 3.28. The van der Waals surface area contributed by atoms with E-state index in [0.717, 1.165) is 54.5 Å². The molecule has 0 radical (unpaired) electrons. The van der Waals surface area contributed by atoms with E-state index >= 15 is 0 Å². The highest BCUT2D eigenvalue weighted by Crippen LogP contribution is 2.24. The van der Waals surface area contributed by atoms with Gasteiger partial charge in [-0.15, -0.1) is 0 Å². The van der Waals surface area contributed by atoms with Gasteiger partial charge in [-0.3, -0.25) is 4.79 Å². The van der Waals surface area contributed by atoms with Gasteiger partial charge in [-0.05, 0) is 55.3 Å². The number of hydrogen-bond acceptors (Lipinski definition) is 4. The Hall–Kier alpha value is -2.86. The van der Waals surface area contributed by atoms with Crippen LogP contribution in [0.5, 0.6) is 0 Å². The van der Waals surface area contributed by atoms with Crippen molar-refractivity contribution in [2.24, 2.45) is 0 Å². The second kappa shape index (κ2) is 6.80. The summed E-state index contributed by atoms with van der Waals surface area (Å²) >= 11 is 0. The molecule has 1 saturated heterocycles. The van der Waals surface area contributed by atoms with Gasteiger partial charge in [-0.1, -0.05) is 0 Å². The number of aryl methyl sites for hydroxylation is 2. The van der Waals surface area contributed by atoms with Crippen LogP contribution in [0.15, 0.2) is 42.7 Å². The maximum Gasteiger partial charge on any atom is 0.275 e. The van der Waals surface area contributed by atoms with Crippen LogP contribution in [0.3, 0.4) is 0 Å². The monoisotopic (exact) mass is 350 g/mol. The number of ether oxygens (including phenoxy) is 1. The molecule has 3 heterocycles. The van der Waals surface area contributed by atoms with Crippen LogP contribution in [0, 0.1) is 13.8 Å². The fourth-order valence-electron chi connectivity index (χ4n) is 3.19. The van der Waals surface area contributed by atoms with E-state index in [2.05, 4.69) is 21.3 Å². The number of fused-ring (bicyclic) bond motifs is 1. The molecule has 6 heteroatoms. The van der Waals surface area contributed by atoms with Crippen LogP contribution in [0.4, 0.5) is 11.4 Å². The minimum Gasteiger partial charge on any atom is -0.378 e. The quantitative estimate of drug-likeness (QED) is 0.789. The van der Waals surface area contributed by atoms with Crippen molar-refractivity contribution >= 4 is 22.9 Å². The summed E-state index contributed by atoms with van der Waals surface area (Å²) in [5.41, 5.74) is 5.29. The van der Waals surface area contributed by atoms with E-state index in [1.165, 1.54) is 0 Å². The zero-order valence-corrected chi connectivity index (χ0v) is 15.0. The molecular formula is C20H22N4O2. The number of morpholine rings is 1. The lowest BCUT2D eigenvalue weighted by molar-refractivity contribution is 0.102. The molecule has 2 aromatic heterocycles. The van der Waals surface area contributed by atoms with Crippen molar-refractivity contribution < 1.29 is 9.53 Å². The van der Waals surface area contributed by atoms with Crippen LogP contribution >= 0.6 is 0 Å². The summed E-state index contributed by atoms with van der Waals surface area (Å²) in [5.74, 6) is -0.200. The summed E-state index contributed by atoms with van der Waals surface area (Å²) < 4.78 is 7.26. The Morgan fingerprint density at radius 3 is 2.73 bits per heavy atom. The molecule has 1 fully saturated rings. The Morgan fingerprint density at radius 2 is 1.96 bits per heavy atom. The van der Waals surface area contributed by atoms with Crippen molar-refractivity contribution in [3.63, 3.8) is 0 Å². The molecule has 0 unspecified atom stereocenters. The average molecular weight is 350 g/mol. The second-order valence-corrected chi connectivity index (χ2v) is 6.65. The van der Waals surface area contributed by atoms with Crippen molar-refractivity contribution in [2.75, 3.05) is 36.5 Å². The number of pyridine rings is 1. The van der Waals surface area contributed by atoms with E-state index in [9.17, 15) is 4.79 Å². The fourth-order valence-corrected chi connectivity index (χ4v) is 3.19. The van der Waals surface area contributed by atoms with Gasteiger partial charge in [0.1, 0.15) is 11.3 Å². The van der Waals surface area contributed by atoms with E-state index < -0.39 is 0 Å². The van der Waals surface area contributed by atoms with E-state index in [0.29, 0.717) is 5.69 Å². The van der Waals surface area contributed by atoms with Crippen LogP contribution in [-0.2, 0) is 4.74 Å². The van der Waals surface area contributed by atoms with Gasteiger partial charge >= 0.3 is 0 Å². The standard InChI is InChI=1S/C20H22N4O2/c1-14-5-6-24-13-18(21-19(24)11-14)20(25)22-17-4-3-16(12-15(17)2)23-7-9-26-10-8-23/h3-6,11-13H,7-10H2,1-2H3,(H,22,25). The number of amides is 1. The summed E-state index contributed by atoms with van der Waals surface area (Å²) in [4.78, 5) is 19.3. The molecule has 1 aromatic carbocycles. The first-order chi connectivity index (χ1) is 12.6. The van der Waals surface area contributed by atoms with Crippen LogP contribution in [0.25, 0.3) is 5.65 Å². The van der Waals surface area contributed by atoms with Crippen LogP contribution in [-0.4, -0.2) is 41.6 Å². The summed E-state index contributed by atoms with van der Waals surface area (Å²) in [7, 11) is 0. The van der Waals surface area contributed by atoms with Gasteiger partial charge in [0.05, 0.1) is 13.2 Å². The minimum absolute atomic E-state index is 0.200. The van der Waals surface area contributed by atoms with E-state index in [-0.39, 0.29) is 5.91 Å². The number of rotatable bonds is 3. The summed E-state index contributed by atoms with van der Waals surface area (Å²) in [6.07, 6.45) is 3.67. The number of aromatic nitrogens is 2. The third-order valence-electron chi connectivity index (χ3n) is 4.68. The van der Waals surface area contributed by atoms with Gasteiger partial charge in [0.25, 0.3) is 5.91 Å². The summed E-state index contributed by atoms with van der Waals surface area (Å²) in [5, 5.41) is 2.97. The predicted octanol–water partition coefficient (Wildman–Crippen LogP) is 3.04. The molecule has 4 rings (SSSR count). The number of benzene rings is 1. The maximum absolute atomic E-state index is 12.6. The molecule has 0 spiro atoms. The van der Waals surface area contributed by atoms with Crippen molar-refractivity contribution in [2.45, 2.75) is 13.8 Å². The molecule has 1 N–H and O–H groups in total. The lowest BCUT2D eigenvalue weighted by Gasteiger charge is -2.29. The van der Waals surface area contributed by atoms with Gasteiger partial charge in [0.15, 0.2) is 0 Å². The minimum atomic E-state index is -0.200. The fraction of sp³-hybridized carbons (Fsp3) is 0.300. The molecule has 26 heavy (non-hydrogen) atoms. The smallest absolute Gasteiger partial charge is 0.275 e. The van der Waals surface area contributed by atoms with Crippen LogP contribution < -0.4 is 10.2 Å². The number of anilines is 2. The van der Waals surface area contributed by atoms with Gasteiger partial charge in [-0.2, -0.15) is 0 Å². The van der Waals surface area contributed by atoms with Gasteiger partial charge < -0.3 is 19.4 Å². The highest BCUT2D eigenvalue weighted by atomic mass is 16.5. The Morgan fingerprint density at radius 1 is 1.15 bits per heavy atom. The Balaban J connectivity index is 1.52. The first-order valence-electron chi connectivity index (χ1n) is 8.80. The molecule has 1 aliphatic rings. The molecule has 0 bridgehead atoms. The Bertz CT molecular complexity index is 958. The molecule has 0 atom stereocenters. The van der Waals surface area contributed by atoms with Crippen LogP contribution in [0.1, 0.15) is 21.6 Å². The van der Waals surface area contributed by atoms with Crippen molar-refractivity contribution in [3.8, 4) is 0 Å². The lowest BCUT2D eigenvalue weighted by Crippen LogP contribution is -2.36. The SMILES string of the molecule is Cc1ccn2cc(C(=O)Nc3ccc(N4CCOCC4)cc3C)nc2c1. The molecule has 0 saturated carbocycles. The van der Waals surface area contributed by atoms with Crippen molar-refractivity contribution in [1.29, 1.82) is 0 Å². The number of carbonyl (C=O) groups is 1. The molecule has 1 amide bonds. The zero-order chi connectivity index (χ0) is 18.1. The number of carbonyl (C=O) groups excluding carboxylic acids is 1. The summed E-state index contributed by atoms with van der Waals surface area (Å²) in [6, 6.07) is 10.1. The van der Waals surface area contributed by atoms with Crippen molar-refractivity contribution in [3.05, 3.63) is 59.5 Å². The highest BCUT2D eigenvalue weighted by molar-refractivity contribution is 6.03. The molecule has 6 nitrogen and oxygen atoms in total. The lowest BCUT2D eigenvalue weighted by atomic mass is 10.1. The molecule has 3 aromatic rings. The normalized spacial score (nSPS) is 14.6. The van der Waals surface area contributed by atoms with Gasteiger partial charge in [-0.25, -0.2) is 4.98 Å². The van der Waals surface area contributed by atoms with Gasteiger partial charge in [0, 0.05) is 36.9 Å². The second-order valence-electron chi connectivity index (χ2n) is 6.65. The van der Waals surface area contributed by atoms with E-state index in [1.807, 2.05) is 48.7 Å². The largest absolute Gasteiger partial charge is 0.378 e. The Kier molecular flexibility index (Phi) is 4.34. The highest BCUT2D eigenvalue weighted by Gasteiger charge is 2.15. The van der Waals surface area contributed by atoms with Gasteiger partial charge in [0.2, 0.25) is 0 Å². The van der Waals surface area contributed by atoms with Crippen LogP contribution in [0.2, 0.25) is 0 Å². The Labute approximate surface area is 152 Å². The molecule has 1 aliphatic heterocycles. The zero-order valence-electron chi connectivity index (χ0n) is 15.0. The first-order valence-corrected chi connectivity index (χ1v) is 8.80. The average Bonchev–Trinajstić information content (AvgIpc) is 3.07. The third-order valence-corrected chi connectivity index (χ3v) is 4.68. The molecule has 134 valence electrons. The molecular weight excluding hydrogens is 328 g/mol. The van der Waals surface area contributed by atoms with E-state index in [1.54, 1.807) is 6.20 Å². The van der Waals surface area contributed by atoms with Crippen molar-refractivity contribution in [1.82, 2.24) is 9.38 Å². The number of imidazole rings is 1. The topological polar surface area (TPSA) is 58.9 Å². The maximum atomic E-state index is 12.6. The first kappa shape index (κ1) is 16.6. The molecule has 0 aliphatic carbocycles. The summed E-state index contributed by atoms with van der Waals surface area (Å²) in [6.45, 7) is 7.31. The number of hydrogen-bond donors (Lipinski definition) is 1.